The molecule has 1 heterocycles. The average molecular weight is 468 g/mol. The number of benzene rings is 1. The van der Waals surface area contributed by atoms with Crippen LogP contribution in [0.3, 0.4) is 0 Å². The lowest BCUT2D eigenvalue weighted by Gasteiger charge is -2.30. The molecule has 34 heavy (non-hydrogen) atoms. The Morgan fingerprint density at radius 3 is 2.44 bits per heavy atom. The Balaban J connectivity index is 2.51. The van der Waals surface area contributed by atoms with Crippen LogP contribution in [0.1, 0.15) is 58.1 Å². The molecule has 0 saturated carbocycles. The number of carbonyl (C=O) groups excluding carboxylic acids is 2. The van der Waals surface area contributed by atoms with Gasteiger partial charge in [0.25, 0.3) is 0 Å². The minimum absolute atomic E-state index is 0.0687. The van der Waals surface area contributed by atoms with E-state index in [1.54, 1.807) is 31.0 Å². The maximum atomic E-state index is 12.5. The third-order valence-corrected chi connectivity index (χ3v) is 5.30. The molecule has 1 unspecified atom stereocenters. The molecule has 0 spiro atoms. The summed E-state index contributed by atoms with van der Waals surface area (Å²) in [6, 6.07) is 12.8. The van der Waals surface area contributed by atoms with E-state index >= 15 is 0 Å². The molecule has 1 aromatic carbocycles. The number of hydrogen-bond donors (Lipinski definition) is 2. The van der Waals surface area contributed by atoms with Crippen molar-refractivity contribution >= 4 is 41.4 Å². The van der Waals surface area contributed by atoms with E-state index in [1.807, 2.05) is 44.2 Å². The number of anilines is 3. The standard InChI is InChI=1S/C25H33N5O4/c1-5-10-23(32)29(4)22-14-13-20(27-18(3)26-16-15-24(33)34)25(28-22)30(17-31)21(6-2)19-11-8-7-9-12-19/h7-9,11-14,17,21H,5-6,10,15-16H2,1-4H3,(H,26,27)(H,33,34). The van der Waals surface area contributed by atoms with Crippen molar-refractivity contribution in [1.82, 2.24) is 4.98 Å². The van der Waals surface area contributed by atoms with Crippen LogP contribution >= 0.6 is 0 Å². The summed E-state index contributed by atoms with van der Waals surface area (Å²) in [6.45, 7) is 5.77. The van der Waals surface area contributed by atoms with Crippen LogP contribution in [0.2, 0.25) is 0 Å². The van der Waals surface area contributed by atoms with Crippen LogP contribution < -0.4 is 15.1 Å². The Morgan fingerprint density at radius 1 is 1.15 bits per heavy atom. The van der Waals surface area contributed by atoms with Crippen molar-refractivity contribution in [2.24, 2.45) is 4.99 Å². The first-order valence-electron chi connectivity index (χ1n) is 11.4. The molecule has 2 amide bonds. The number of amides is 2. The Morgan fingerprint density at radius 2 is 1.85 bits per heavy atom. The maximum Gasteiger partial charge on any atom is 0.305 e. The number of rotatable bonds is 12. The van der Waals surface area contributed by atoms with Gasteiger partial charge in [0.2, 0.25) is 12.3 Å². The zero-order valence-corrected chi connectivity index (χ0v) is 20.2. The lowest BCUT2D eigenvalue weighted by Crippen LogP contribution is -2.31. The summed E-state index contributed by atoms with van der Waals surface area (Å²) >= 11 is 0. The van der Waals surface area contributed by atoms with E-state index in [2.05, 4.69) is 10.3 Å². The summed E-state index contributed by atoms with van der Waals surface area (Å²) in [5.41, 5.74) is 1.48. The fourth-order valence-electron chi connectivity index (χ4n) is 3.52. The number of nitrogens with one attached hydrogen (secondary N) is 1. The van der Waals surface area contributed by atoms with Crippen LogP contribution in [0.4, 0.5) is 17.3 Å². The van der Waals surface area contributed by atoms with Crippen molar-refractivity contribution in [3.05, 3.63) is 48.0 Å². The molecule has 1 aromatic heterocycles. The van der Waals surface area contributed by atoms with E-state index in [1.165, 1.54) is 4.90 Å². The summed E-state index contributed by atoms with van der Waals surface area (Å²) < 4.78 is 0. The lowest BCUT2D eigenvalue weighted by molar-refractivity contribution is -0.136. The van der Waals surface area contributed by atoms with E-state index in [0.29, 0.717) is 42.4 Å². The second kappa shape index (κ2) is 13.1. The predicted octanol–water partition coefficient (Wildman–Crippen LogP) is 4.26. The molecule has 0 bridgehead atoms. The molecule has 182 valence electrons. The van der Waals surface area contributed by atoms with Crippen LogP contribution in [0, 0.1) is 0 Å². The van der Waals surface area contributed by atoms with Crippen molar-refractivity contribution in [1.29, 1.82) is 0 Å². The molecule has 9 heteroatoms. The minimum Gasteiger partial charge on any atom is -0.481 e. The molecule has 0 radical (unpaired) electrons. The van der Waals surface area contributed by atoms with Crippen LogP contribution in [0.15, 0.2) is 47.5 Å². The zero-order valence-electron chi connectivity index (χ0n) is 20.2. The lowest BCUT2D eigenvalue weighted by atomic mass is 10.0. The number of aliphatic carboxylic acids is 1. The number of amidine groups is 1. The number of carboxylic acid groups (broad SMARTS) is 1. The highest BCUT2D eigenvalue weighted by Crippen LogP contribution is 2.34. The largest absolute Gasteiger partial charge is 0.481 e. The highest BCUT2D eigenvalue weighted by atomic mass is 16.4. The first kappa shape index (κ1) is 26.5. The number of hydrogen-bond acceptors (Lipinski definition) is 5. The zero-order chi connectivity index (χ0) is 25.1. The summed E-state index contributed by atoms with van der Waals surface area (Å²) in [4.78, 5) is 47.6. The molecule has 0 aliphatic heterocycles. The average Bonchev–Trinajstić information content (AvgIpc) is 2.83. The SMILES string of the molecule is CCCC(=O)N(C)c1ccc(NC(C)=NCCC(=O)O)c(N(C=O)C(CC)c2ccccc2)n1. The Labute approximate surface area is 200 Å². The Bertz CT molecular complexity index is 1010. The van der Waals surface area contributed by atoms with E-state index in [4.69, 9.17) is 10.1 Å². The Hall–Kier alpha value is -3.75. The van der Waals surface area contributed by atoms with E-state index in [9.17, 15) is 14.4 Å². The van der Waals surface area contributed by atoms with Gasteiger partial charge in [0, 0.05) is 13.5 Å². The first-order chi connectivity index (χ1) is 16.3. The first-order valence-corrected chi connectivity index (χ1v) is 11.4. The van der Waals surface area contributed by atoms with Gasteiger partial charge < -0.3 is 10.4 Å². The summed E-state index contributed by atoms with van der Waals surface area (Å²) in [5.74, 6) is 0.275. The van der Waals surface area contributed by atoms with Crippen molar-refractivity contribution in [3.63, 3.8) is 0 Å². The van der Waals surface area contributed by atoms with Gasteiger partial charge in [-0.25, -0.2) is 4.98 Å². The van der Waals surface area contributed by atoms with E-state index in [0.717, 1.165) is 12.0 Å². The number of carbonyl (C=O) groups is 3. The van der Waals surface area contributed by atoms with E-state index in [-0.39, 0.29) is 24.9 Å². The second-order valence-corrected chi connectivity index (χ2v) is 7.83. The van der Waals surface area contributed by atoms with Crippen molar-refractivity contribution in [3.8, 4) is 0 Å². The van der Waals surface area contributed by atoms with Gasteiger partial charge in [-0.3, -0.25) is 29.2 Å². The molecule has 0 fully saturated rings. The van der Waals surface area contributed by atoms with Crippen LogP contribution in [-0.2, 0) is 14.4 Å². The summed E-state index contributed by atoms with van der Waals surface area (Å²) in [5, 5.41) is 12.0. The molecule has 0 aliphatic carbocycles. The maximum absolute atomic E-state index is 12.5. The molecule has 0 aliphatic rings. The van der Waals surface area contributed by atoms with Crippen molar-refractivity contribution in [2.45, 2.75) is 52.5 Å². The van der Waals surface area contributed by atoms with Gasteiger partial charge in [0.05, 0.1) is 30.5 Å². The second-order valence-electron chi connectivity index (χ2n) is 7.83. The topological polar surface area (TPSA) is 115 Å². The molecular formula is C25H33N5O4. The van der Waals surface area contributed by atoms with Gasteiger partial charge in [0.15, 0.2) is 5.82 Å². The molecule has 2 rings (SSSR count). The molecule has 0 saturated heterocycles. The molecule has 9 nitrogen and oxygen atoms in total. The monoisotopic (exact) mass is 467 g/mol. The fourth-order valence-corrected chi connectivity index (χ4v) is 3.52. The van der Waals surface area contributed by atoms with Crippen LogP contribution in [-0.4, -0.2) is 47.8 Å². The van der Waals surface area contributed by atoms with Crippen LogP contribution in [0.25, 0.3) is 0 Å². The van der Waals surface area contributed by atoms with Gasteiger partial charge >= 0.3 is 5.97 Å². The number of aromatic nitrogens is 1. The van der Waals surface area contributed by atoms with Gasteiger partial charge in [-0.05, 0) is 37.5 Å². The number of pyridine rings is 1. The Kier molecular flexibility index (Phi) is 10.2. The molecular weight excluding hydrogens is 434 g/mol. The quantitative estimate of drug-likeness (QED) is 0.274. The highest BCUT2D eigenvalue weighted by Gasteiger charge is 2.24. The summed E-state index contributed by atoms with van der Waals surface area (Å²) in [7, 11) is 1.66. The molecule has 1 atom stereocenters. The normalized spacial score (nSPS) is 12.1. The van der Waals surface area contributed by atoms with Gasteiger partial charge in [0.1, 0.15) is 5.82 Å². The summed E-state index contributed by atoms with van der Waals surface area (Å²) in [6.07, 6.45) is 2.41. The predicted molar refractivity (Wildman–Crippen MR) is 134 cm³/mol. The van der Waals surface area contributed by atoms with Crippen molar-refractivity contribution < 1.29 is 19.5 Å². The highest BCUT2D eigenvalue weighted by molar-refractivity contribution is 5.99. The molecule has 2 aromatic rings. The molecule has 2 N–H and O–H groups in total. The smallest absolute Gasteiger partial charge is 0.305 e. The number of carboxylic acids is 1. The third-order valence-electron chi connectivity index (χ3n) is 5.30. The number of nitrogens with zero attached hydrogens (tertiary/aromatic N) is 4. The minimum atomic E-state index is -0.927. The van der Waals surface area contributed by atoms with Crippen molar-refractivity contribution in [2.75, 3.05) is 28.7 Å². The van der Waals surface area contributed by atoms with E-state index < -0.39 is 5.97 Å². The van der Waals surface area contributed by atoms with Gasteiger partial charge in [-0.15, -0.1) is 0 Å². The third kappa shape index (κ3) is 7.13. The van der Waals surface area contributed by atoms with Gasteiger partial charge in [-0.2, -0.15) is 0 Å². The fraction of sp³-hybridized carbons (Fsp3) is 0.400. The van der Waals surface area contributed by atoms with Gasteiger partial charge in [-0.1, -0.05) is 44.2 Å². The number of aliphatic imine (C=N–C) groups is 1. The van der Waals surface area contributed by atoms with Crippen LogP contribution in [0.5, 0.6) is 0 Å².